The van der Waals surface area contributed by atoms with Gasteiger partial charge in [0.15, 0.2) is 4.88 Å². The van der Waals surface area contributed by atoms with Crippen molar-refractivity contribution in [2.45, 2.75) is 6.42 Å². The number of halogens is 1. The summed E-state index contributed by atoms with van der Waals surface area (Å²) in [7, 11) is 0. The number of carbonyl (C=O) groups excluding carboxylic acids is 1. The van der Waals surface area contributed by atoms with Crippen molar-refractivity contribution < 1.29 is 19.0 Å². The largest absolute Gasteiger partial charge is 0.492 e. The number of hydrogen-bond acceptors (Lipinski definition) is 5. The SMILES string of the molecule is O=C(c1sc(-c2cccc(F)c2)nc1O)N1CCCOC1. The highest BCUT2D eigenvalue weighted by atomic mass is 32.1. The molecule has 1 aliphatic rings. The molecule has 0 atom stereocenters. The van der Waals surface area contributed by atoms with Gasteiger partial charge < -0.3 is 14.7 Å². The average molecular weight is 308 g/mol. The lowest BCUT2D eigenvalue weighted by atomic mass is 10.2. The van der Waals surface area contributed by atoms with Crippen molar-refractivity contribution in [3.63, 3.8) is 0 Å². The molecular weight excluding hydrogens is 295 g/mol. The fourth-order valence-electron chi connectivity index (χ4n) is 2.10. The summed E-state index contributed by atoms with van der Waals surface area (Å²) in [6, 6.07) is 5.88. The minimum Gasteiger partial charge on any atom is -0.492 e. The van der Waals surface area contributed by atoms with Crippen molar-refractivity contribution in [3.8, 4) is 16.5 Å². The van der Waals surface area contributed by atoms with Crippen LogP contribution in [-0.2, 0) is 4.74 Å². The maximum atomic E-state index is 13.2. The van der Waals surface area contributed by atoms with Crippen LogP contribution in [0.5, 0.6) is 5.88 Å². The first-order chi connectivity index (χ1) is 10.1. The van der Waals surface area contributed by atoms with Crippen LogP contribution in [0.15, 0.2) is 24.3 Å². The highest BCUT2D eigenvalue weighted by molar-refractivity contribution is 7.17. The molecule has 5 nitrogen and oxygen atoms in total. The van der Waals surface area contributed by atoms with E-state index in [0.717, 1.165) is 17.8 Å². The Kier molecular flexibility index (Phi) is 3.85. The van der Waals surface area contributed by atoms with Crippen LogP contribution in [0.2, 0.25) is 0 Å². The van der Waals surface area contributed by atoms with Crippen molar-refractivity contribution in [2.75, 3.05) is 19.9 Å². The Morgan fingerprint density at radius 3 is 3.05 bits per heavy atom. The maximum Gasteiger partial charge on any atom is 0.271 e. The van der Waals surface area contributed by atoms with Gasteiger partial charge in [0, 0.05) is 12.1 Å². The minimum atomic E-state index is -0.389. The first-order valence-electron chi connectivity index (χ1n) is 6.48. The van der Waals surface area contributed by atoms with E-state index in [1.807, 2.05) is 0 Å². The first kappa shape index (κ1) is 14.0. The molecule has 7 heteroatoms. The number of rotatable bonds is 2. The second-order valence-corrected chi connectivity index (χ2v) is 5.64. The standard InChI is InChI=1S/C14H13FN2O3S/c15-10-4-1-3-9(7-10)13-16-12(18)11(21-13)14(19)17-5-2-6-20-8-17/h1,3-4,7,18H,2,5-6,8H2. The fourth-order valence-corrected chi connectivity index (χ4v) is 3.02. The van der Waals surface area contributed by atoms with Gasteiger partial charge in [-0.3, -0.25) is 4.79 Å². The fraction of sp³-hybridized carbons (Fsp3) is 0.286. The first-order valence-corrected chi connectivity index (χ1v) is 7.29. The van der Waals surface area contributed by atoms with Crippen LogP contribution < -0.4 is 0 Å². The molecule has 1 N–H and O–H groups in total. The van der Waals surface area contributed by atoms with Gasteiger partial charge in [-0.05, 0) is 18.6 Å². The maximum absolute atomic E-state index is 13.2. The highest BCUT2D eigenvalue weighted by Crippen LogP contribution is 2.33. The molecule has 0 unspecified atom stereocenters. The van der Waals surface area contributed by atoms with Crippen LogP contribution >= 0.6 is 11.3 Å². The van der Waals surface area contributed by atoms with Gasteiger partial charge >= 0.3 is 0 Å². The Hall–Kier alpha value is -1.99. The second kappa shape index (κ2) is 5.79. The van der Waals surface area contributed by atoms with Crippen molar-refractivity contribution in [1.82, 2.24) is 9.88 Å². The lowest BCUT2D eigenvalue weighted by Gasteiger charge is -2.25. The van der Waals surface area contributed by atoms with E-state index in [0.29, 0.717) is 23.7 Å². The zero-order valence-electron chi connectivity index (χ0n) is 11.1. The summed E-state index contributed by atoms with van der Waals surface area (Å²) in [6.45, 7) is 1.43. The van der Waals surface area contributed by atoms with E-state index >= 15 is 0 Å². The molecule has 1 saturated heterocycles. The summed E-state index contributed by atoms with van der Waals surface area (Å²) < 4.78 is 18.5. The van der Waals surface area contributed by atoms with Crippen LogP contribution in [0.3, 0.4) is 0 Å². The molecule has 21 heavy (non-hydrogen) atoms. The molecule has 3 rings (SSSR count). The molecule has 1 aromatic heterocycles. The molecule has 0 aliphatic carbocycles. The smallest absolute Gasteiger partial charge is 0.271 e. The third-order valence-electron chi connectivity index (χ3n) is 3.13. The van der Waals surface area contributed by atoms with Crippen molar-refractivity contribution in [3.05, 3.63) is 35.0 Å². The Bertz CT molecular complexity index is 668. The Morgan fingerprint density at radius 2 is 2.33 bits per heavy atom. The van der Waals surface area contributed by atoms with E-state index in [2.05, 4.69) is 4.98 Å². The van der Waals surface area contributed by atoms with E-state index in [4.69, 9.17) is 4.74 Å². The van der Waals surface area contributed by atoms with Gasteiger partial charge in [-0.1, -0.05) is 12.1 Å². The molecule has 2 heterocycles. The molecule has 1 fully saturated rings. The lowest BCUT2D eigenvalue weighted by Crippen LogP contribution is -2.37. The topological polar surface area (TPSA) is 62.7 Å². The van der Waals surface area contributed by atoms with Crippen LogP contribution in [0, 0.1) is 5.82 Å². The molecule has 1 aliphatic heterocycles. The number of aromatic nitrogens is 1. The second-order valence-electron chi connectivity index (χ2n) is 4.64. The number of amides is 1. The van der Waals surface area contributed by atoms with E-state index in [-0.39, 0.29) is 29.2 Å². The van der Waals surface area contributed by atoms with Gasteiger partial charge in [0.2, 0.25) is 5.88 Å². The van der Waals surface area contributed by atoms with Crippen LogP contribution in [0.4, 0.5) is 4.39 Å². The number of hydrogen-bond donors (Lipinski definition) is 1. The number of ether oxygens (including phenoxy) is 1. The van der Waals surface area contributed by atoms with Crippen LogP contribution in [-0.4, -0.2) is 40.8 Å². The average Bonchev–Trinajstić information content (AvgIpc) is 2.89. The number of carbonyl (C=O) groups is 1. The predicted molar refractivity (Wildman–Crippen MR) is 75.6 cm³/mol. The highest BCUT2D eigenvalue weighted by Gasteiger charge is 2.25. The van der Waals surface area contributed by atoms with E-state index in [1.165, 1.54) is 17.0 Å². The molecule has 1 amide bonds. The Labute approximate surface area is 124 Å². The van der Waals surface area contributed by atoms with Gasteiger partial charge in [0.1, 0.15) is 17.6 Å². The summed E-state index contributed by atoms with van der Waals surface area (Å²) in [5.74, 6) is -1.03. The van der Waals surface area contributed by atoms with Gasteiger partial charge in [-0.15, -0.1) is 11.3 Å². The normalized spacial score (nSPS) is 15.2. The van der Waals surface area contributed by atoms with E-state index in [9.17, 15) is 14.3 Å². The van der Waals surface area contributed by atoms with Crippen LogP contribution in [0.1, 0.15) is 16.1 Å². The molecule has 2 aromatic rings. The van der Waals surface area contributed by atoms with Crippen LogP contribution in [0.25, 0.3) is 10.6 Å². The van der Waals surface area contributed by atoms with Gasteiger partial charge in [-0.25, -0.2) is 9.37 Å². The van der Waals surface area contributed by atoms with Crippen molar-refractivity contribution in [2.24, 2.45) is 0 Å². The third-order valence-corrected chi connectivity index (χ3v) is 4.21. The Morgan fingerprint density at radius 1 is 1.48 bits per heavy atom. The number of benzene rings is 1. The molecule has 0 spiro atoms. The summed E-state index contributed by atoms with van der Waals surface area (Å²) in [5, 5.41) is 10.3. The number of thiazole rings is 1. The van der Waals surface area contributed by atoms with Crippen molar-refractivity contribution in [1.29, 1.82) is 0 Å². The van der Waals surface area contributed by atoms with Crippen molar-refractivity contribution >= 4 is 17.2 Å². The van der Waals surface area contributed by atoms with Gasteiger partial charge in [0.05, 0.1) is 6.61 Å². The summed E-state index contributed by atoms with van der Waals surface area (Å²) in [6.07, 6.45) is 0.766. The monoisotopic (exact) mass is 308 g/mol. The number of nitrogens with zero attached hydrogens (tertiary/aromatic N) is 2. The zero-order valence-corrected chi connectivity index (χ0v) is 11.9. The molecule has 0 saturated carbocycles. The molecular formula is C14H13FN2O3S. The van der Waals surface area contributed by atoms with Gasteiger partial charge in [0.25, 0.3) is 5.91 Å². The summed E-state index contributed by atoms with van der Waals surface area (Å²) in [4.78, 5) is 17.9. The van der Waals surface area contributed by atoms with E-state index in [1.54, 1.807) is 12.1 Å². The molecule has 110 valence electrons. The molecule has 0 bridgehead atoms. The third kappa shape index (κ3) is 2.88. The zero-order chi connectivity index (χ0) is 14.8. The quantitative estimate of drug-likeness (QED) is 0.926. The predicted octanol–water partition coefficient (Wildman–Crippen LogP) is 2.47. The van der Waals surface area contributed by atoms with Gasteiger partial charge in [-0.2, -0.15) is 0 Å². The molecule has 0 radical (unpaired) electrons. The Balaban J connectivity index is 1.89. The van der Waals surface area contributed by atoms with E-state index < -0.39 is 0 Å². The summed E-state index contributed by atoms with van der Waals surface area (Å²) >= 11 is 1.05. The lowest BCUT2D eigenvalue weighted by molar-refractivity contribution is -0.00557. The molecule has 1 aromatic carbocycles. The minimum absolute atomic E-state index is 0.153. The summed E-state index contributed by atoms with van der Waals surface area (Å²) in [5.41, 5.74) is 0.532. The number of aromatic hydroxyl groups is 1.